The zero-order valence-electron chi connectivity index (χ0n) is 17.8. The fourth-order valence-corrected chi connectivity index (χ4v) is 5.61. The summed E-state index contributed by atoms with van der Waals surface area (Å²) in [5.41, 5.74) is 1.77. The van der Waals surface area contributed by atoms with Gasteiger partial charge in [-0.05, 0) is 29.8 Å². The third kappa shape index (κ3) is 4.26. The molecule has 2 aliphatic heterocycles. The molecule has 0 aliphatic carbocycles. The molecule has 31 heavy (non-hydrogen) atoms. The standard InChI is InChI=1S/C22H28N4O4S/c1-23(2)19-10-8-18(9-11-19)21-25(22(27)24-14-16-30-17-15-24)12-13-26(21)31(28,29)20-6-4-3-5-7-20/h3-11,21H,12-17H2,1-2H3/t21-/m1/s1. The lowest BCUT2D eigenvalue weighted by Crippen LogP contribution is -2.49. The maximum atomic E-state index is 13.5. The number of morpholine rings is 1. The van der Waals surface area contributed by atoms with Crippen molar-refractivity contribution in [1.82, 2.24) is 14.1 Å². The van der Waals surface area contributed by atoms with Gasteiger partial charge in [0.2, 0.25) is 10.0 Å². The van der Waals surface area contributed by atoms with Crippen LogP contribution < -0.4 is 4.90 Å². The lowest BCUT2D eigenvalue weighted by Gasteiger charge is -2.35. The first-order chi connectivity index (χ1) is 14.9. The zero-order valence-corrected chi connectivity index (χ0v) is 18.7. The minimum absolute atomic E-state index is 0.157. The monoisotopic (exact) mass is 444 g/mol. The summed E-state index contributed by atoms with van der Waals surface area (Å²) in [6.45, 7) is 2.58. The molecule has 0 radical (unpaired) electrons. The largest absolute Gasteiger partial charge is 0.378 e. The molecule has 0 spiro atoms. The predicted octanol–water partition coefficient (Wildman–Crippen LogP) is 2.21. The lowest BCUT2D eigenvalue weighted by atomic mass is 10.1. The van der Waals surface area contributed by atoms with Crippen molar-refractivity contribution >= 4 is 21.7 Å². The molecule has 0 unspecified atom stereocenters. The molecule has 1 atom stereocenters. The van der Waals surface area contributed by atoms with Crippen molar-refractivity contribution in [2.45, 2.75) is 11.1 Å². The third-order valence-corrected chi connectivity index (χ3v) is 7.58. The van der Waals surface area contributed by atoms with E-state index in [0.717, 1.165) is 11.3 Å². The first-order valence-corrected chi connectivity index (χ1v) is 11.8. The SMILES string of the molecule is CN(C)c1ccc([C@@H]2N(C(=O)N3CCOCC3)CCN2S(=O)(=O)c2ccccc2)cc1. The molecule has 9 heteroatoms. The highest BCUT2D eigenvalue weighted by Crippen LogP contribution is 2.36. The van der Waals surface area contributed by atoms with Gasteiger partial charge < -0.3 is 19.4 Å². The maximum Gasteiger partial charge on any atom is 0.321 e. The molecular formula is C22H28N4O4S. The van der Waals surface area contributed by atoms with Crippen LogP contribution in [0.2, 0.25) is 0 Å². The average molecular weight is 445 g/mol. The Bertz CT molecular complexity index is 1010. The molecule has 4 rings (SSSR count). The van der Waals surface area contributed by atoms with Gasteiger partial charge in [-0.25, -0.2) is 13.2 Å². The van der Waals surface area contributed by atoms with Gasteiger partial charge in [-0.15, -0.1) is 0 Å². The quantitative estimate of drug-likeness (QED) is 0.723. The Morgan fingerprint density at radius 3 is 2.19 bits per heavy atom. The number of sulfonamides is 1. The van der Waals surface area contributed by atoms with Gasteiger partial charge in [0.05, 0.1) is 18.1 Å². The Hall–Kier alpha value is -2.62. The maximum absolute atomic E-state index is 13.5. The highest BCUT2D eigenvalue weighted by atomic mass is 32.2. The van der Waals surface area contributed by atoms with Crippen molar-refractivity contribution in [3.8, 4) is 0 Å². The molecule has 2 amide bonds. The molecule has 166 valence electrons. The fourth-order valence-electron chi connectivity index (χ4n) is 4.01. The highest BCUT2D eigenvalue weighted by molar-refractivity contribution is 7.89. The fraction of sp³-hybridized carbons (Fsp3) is 0.409. The second-order valence-electron chi connectivity index (χ2n) is 7.86. The number of urea groups is 1. The van der Waals surface area contributed by atoms with E-state index in [4.69, 9.17) is 4.74 Å². The van der Waals surface area contributed by atoms with Gasteiger partial charge in [0.15, 0.2) is 0 Å². The molecule has 0 aromatic heterocycles. The summed E-state index contributed by atoms with van der Waals surface area (Å²) >= 11 is 0. The molecule has 0 N–H and O–H groups in total. The molecule has 2 aromatic carbocycles. The van der Waals surface area contributed by atoms with E-state index in [1.54, 1.807) is 40.1 Å². The van der Waals surface area contributed by atoms with Crippen molar-refractivity contribution < 1.29 is 17.9 Å². The normalized spacial score (nSPS) is 20.1. The van der Waals surface area contributed by atoms with Crippen LogP contribution in [0.3, 0.4) is 0 Å². The van der Waals surface area contributed by atoms with Crippen LogP contribution in [0.5, 0.6) is 0 Å². The number of rotatable bonds is 4. The second-order valence-corrected chi connectivity index (χ2v) is 9.75. The molecule has 2 saturated heterocycles. The van der Waals surface area contributed by atoms with Crippen molar-refractivity contribution in [3.63, 3.8) is 0 Å². The van der Waals surface area contributed by atoms with Crippen molar-refractivity contribution in [2.75, 3.05) is 58.4 Å². The van der Waals surface area contributed by atoms with Gasteiger partial charge in [-0.2, -0.15) is 4.31 Å². The molecule has 2 aliphatic rings. The van der Waals surface area contributed by atoms with Gasteiger partial charge in [-0.3, -0.25) is 0 Å². The highest BCUT2D eigenvalue weighted by Gasteiger charge is 2.44. The number of carbonyl (C=O) groups excluding carboxylic acids is 1. The topological polar surface area (TPSA) is 73.4 Å². The number of carbonyl (C=O) groups is 1. The van der Waals surface area contributed by atoms with Crippen molar-refractivity contribution in [1.29, 1.82) is 0 Å². The van der Waals surface area contributed by atoms with Gasteiger partial charge in [-0.1, -0.05) is 30.3 Å². The molecule has 0 bridgehead atoms. The van der Waals surface area contributed by atoms with E-state index in [1.165, 1.54) is 4.31 Å². The van der Waals surface area contributed by atoms with E-state index >= 15 is 0 Å². The number of ether oxygens (including phenoxy) is 1. The van der Waals surface area contributed by atoms with Gasteiger partial charge in [0.1, 0.15) is 6.17 Å². The van der Waals surface area contributed by atoms with Crippen LogP contribution in [0.25, 0.3) is 0 Å². The van der Waals surface area contributed by atoms with E-state index in [1.807, 2.05) is 43.3 Å². The number of hydrogen-bond donors (Lipinski definition) is 0. The zero-order chi connectivity index (χ0) is 22.0. The molecular weight excluding hydrogens is 416 g/mol. The van der Waals surface area contributed by atoms with Gasteiger partial charge in [0, 0.05) is 46.0 Å². The Morgan fingerprint density at radius 1 is 0.935 bits per heavy atom. The van der Waals surface area contributed by atoms with Crippen LogP contribution in [-0.4, -0.2) is 82.0 Å². The van der Waals surface area contributed by atoms with Crippen LogP contribution >= 0.6 is 0 Å². The number of amides is 2. The Kier molecular flexibility index (Phi) is 6.17. The number of hydrogen-bond acceptors (Lipinski definition) is 5. The Morgan fingerprint density at radius 2 is 1.58 bits per heavy atom. The van der Waals surface area contributed by atoms with Crippen molar-refractivity contribution in [2.24, 2.45) is 0 Å². The van der Waals surface area contributed by atoms with Crippen LogP contribution in [0.1, 0.15) is 11.7 Å². The van der Waals surface area contributed by atoms with Gasteiger partial charge in [0.25, 0.3) is 0 Å². The molecule has 8 nitrogen and oxygen atoms in total. The first-order valence-electron chi connectivity index (χ1n) is 10.4. The number of nitrogens with zero attached hydrogens (tertiary/aromatic N) is 4. The Labute approximate surface area is 183 Å². The van der Waals surface area contributed by atoms with Gasteiger partial charge >= 0.3 is 6.03 Å². The van der Waals surface area contributed by atoms with E-state index in [0.29, 0.717) is 32.8 Å². The summed E-state index contributed by atoms with van der Waals surface area (Å²) in [6, 6.07) is 15.9. The van der Waals surface area contributed by atoms with Crippen molar-refractivity contribution in [3.05, 3.63) is 60.2 Å². The van der Waals surface area contributed by atoms with E-state index in [-0.39, 0.29) is 17.5 Å². The number of benzene rings is 2. The summed E-state index contributed by atoms with van der Waals surface area (Å²) in [7, 11) is 0.125. The average Bonchev–Trinajstić information content (AvgIpc) is 3.26. The van der Waals surface area contributed by atoms with Crippen LogP contribution in [0.4, 0.5) is 10.5 Å². The summed E-state index contributed by atoms with van der Waals surface area (Å²) in [5.74, 6) is 0. The minimum atomic E-state index is -3.77. The van der Waals surface area contributed by atoms with Crippen LogP contribution in [0.15, 0.2) is 59.5 Å². The molecule has 2 aromatic rings. The number of anilines is 1. The smallest absolute Gasteiger partial charge is 0.321 e. The summed E-state index contributed by atoms with van der Waals surface area (Å²) in [6.07, 6.45) is -0.697. The van der Waals surface area contributed by atoms with E-state index < -0.39 is 16.2 Å². The van der Waals surface area contributed by atoms with Crippen LogP contribution in [-0.2, 0) is 14.8 Å². The van der Waals surface area contributed by atoms with E-state index in [9.17, 15) is 13.2 Å². The minimum Gasteiger partial charge on any atom is -0.378 e. The molecule has 2 heterocycles. The Balaban J connectivity index is 1.71. The van der Waals surface area contributed by atoms with E-state index in [2.05, 4.69) is 0 Å². The molecule has 0 saturated carbocycles. The third-order valence-electron chi connectivity index (χ3n) is 5.71. The summed E-state index contributed by atoms with van der Waals surface area (Å²) < 4.78 is 33.8. The van der Waals surface area contributed by atoms with Crippen LogP contribution in [0, 0.1) is 0 Å². The summed E-state index contributed by atoms with van der Waals surface area (Å²) in [5, 5.41) is 0. The molecule has 2 fully saturated rings. The summed E-state index contributed by atoms with van der Waals surface area (Å²) in [4.78, 5) is 18.9. The second kappa shape index (κ2) is 8.86. The predicted molar refractivity (Wildman–Crippen MR) is 118 cm³/mol. The lowest BCUT2D eigenvalue weighted by molar-refractivity contribution is 0.0400. The first kappa shape index (κ1) is 21.6.